The highest BCUT2D eigenvalue weighted by atomic mass is 15.5. The van der Waals surface area contributed by atoms with Crippen LogP contribution in [0.5, 0.6) is 0 Å². The second-order valence-electron chi connectivity index (χ2n) is 5.82. The van der Waals surface area contributed by atoms with Crippen LogP contribution in [0.3, 0.4) is 0 Å². The molecule has 3 nitrogen and oxygen atoms in total. The largest absolute Gasteiger partial charge is 0.128 e. The fourth-order valence-electron chi connectivity index (χ4n) is 2.81. The molecule has 1 aliphatic rings. The van der Waals surface area contributed by atoms with Crippen molar-refractivity contribution in [1.29, 1.82) is 0 Å². The Labute approximate surface area is 122 Å². The van der Waals surface area contributed by atoms with E-state index in [4.69, 9.17) is 0 Å². The Morgan fingerprint density at radius 1 is 1.00 bits per heavy atom. The number of fused-ring (bicyclic) bond motifs is 1. The lowest BCUT2D eigenvalue weighted by Gasteiger charge is -2.13. The van der Waals surface area contributed by atoms with Crippen molar-refractivity contribution in [1.82, 2.24) is 5.43 Å². The lowest BCUT2D eigenvalue weighted by molar-refractivity contribution is 0.550. The quantitative estimate of drug-likeness (QED) is 0.481. The zero-order chi connectivity index (χ0) is 14.2. The van der Waals surface area contributed by atoms with Gasteiger partial charge in [0.15, 0.2) is 0 Å². The van der Waals surface area contributed by atoms with Crippen molar-refractivity contribution in [3.63, 3.8) is 0 Å². The average molecular weight is 272 g/mol. The van der Waals surface area contributed by atoms with Crippen LogP contribution < -0.4 is 5.43 Å². The van der Waals surface area contributed by atoms with E-state index in [9.17, 15) is 0 Å². The van der Waals surface area contributed by atoms with Gasteiger partial charge in [-0.1, -0.05) is 70.9 Å². The van der Waals surface area contributed by atoms with Gasteiger partial charge in [-0.05, 0) is 29.2 Å². The Balaban J connectivity index is 1.72. The minimum Gasteiger partial charge on any atom is -0.128 e. The molecule has 0 saturated heterocycles. The van der Waals surface area contributed by atoms with E-state index in [0.29, 0.717) is 5.92 Å². The second-order valence-corrected chi connectivity index (χ2v) is 5.82. The van der Waals surface area contributed by atoms with E-state index in [2.05, 4.69) is 41.7 Å². The van der Waals surface area contributed by atoms with Gasteiger partial charge in [0, 0.05) is 0 Å². The summed E-state index contributed by atoms with van der Waals surface area (Å²) in [6, 6.07) is 6.22. The molecule has 1 heterocycles. The summed E-state index contributed by atoms with van der Waals surface area (Å²) in [6.45, 7) is 4.56. The number of nitrogens with zero attached hydrogens (tertiary/aromatic N) is 3. The third kappa shape index (κ3) is 4.06. The van der Waals surface area contributed by atoms with E-state index in [1.54, 1.807) is 0 Å². The van der Waals surface area contributed by atoms with Crippen LogP contribution in [0.4, 0.5) is 11.4 Å². The Morgan fingerprint density at radius 2 is 1.75 bits per heavy atom. The molecule has 0 aromatic heterocycles. The first kappa shape index (κ1) is 15.0. The van der Waals surface area contributed by atoms with Gasteiger partial charge in [-0.2, -0.15) is 0 Å². The van der Waals surface area contributed by atoms with Crippen LogP contribution in [0, 0.1) is 0 Å². The summed E-state index contributed by atoms with van der Waals surface area (Å²) in [5.74, 6) is 0.549. The first-order valence-electron chi connectivity index (χ1n) is 8.07. The first-order valence-corrected chi connectivity index (χ1v) is 8.07. The minimum atomic E-state index is 0.549. The molecule has 1 radical (unpaired) electrons. The van der Waals surface area contributed by atoms with Crippen molar-refractivity contribution in [3.05, 3.63) is 23.8 Å². The summed E-state index contributed by atoms with van der Waals surface area (Å²) in [7, 11) is 0. The smallest absolute Gasteiger partial charge is 0.119 e. The molecule has 0 spiro atoms. The van der Waals surface area contributed by atoms with Crippen LogP contribution in [0.1, 0.15) is 76.7 Å². The minimum absolute atomic E-state index is 0.549. The predicted molar refractivity (Wildman–Crippen MR) is 83.8 cm³/mol. The highest BCUT2D eigenvalue weighted by molar-refractivity contribution is 5.67. The molecule has 1 aromatic carbocycles. The van der Waals surface area contributed by atoms with Crippen LogP contribution in [-0.2, 0) is 0 Å². The summed E-state index contributed by atoms with van der Waals surface area (Å²) < 4.78 is 0. The van der Waals surface area contributed by atoms with Gasteiger partial charge in [-0.15, -0.1) is 10.5 Å². The molecule has 109 valence electrons. The van der Waals surface area contributed by atoms with Crippen molar-refractivity contribution in [3.8, 4) is 0 Å². The Hall–Kier alpha value is -1.38. The number of rotatable bonds is 9. The molecule has 3 heteroatoms. The van der Waals surface area contributed by atoms with Crippen LogP contribution in [-0.4, -0.2) is 0 Å². The van der Waals surface area contributed by atoms with E-state index in [1.807, 2.05) is 6.07 Å². The van der Waals surface area contributed by atoms with Crippen molar-refractivity contribution in [2.45, 2.75) is 71.1 Å². The van der Waals surface area contributed by atoms with Gasteiger partial charge in [0.1, 0.15) is 11.4 Å². The molecule has 1 aromatic rings. The maximum atomic E-state index is 4.16. The van der Waals surface area contributed by atoms with Gasteiger partial charge < -0.3 is 0 Å². The highest BCUT2D eigenvalue weighted by Gasteiger charge is 2.17. The van der Waals surface area contributed by atoms with E-state index in [1.165, 1.54) is 56.9 Å². The summed E-state index contributed by atoms with van der Waals surface area (Å²) in [5, 5.41) is 7.94. The molecule has 2 rings (SSSR count). The second kappa shape index (κ2) is 8.03. The molecule has 0 amide bonds. The van der Waals surface area contributed by atoms with Gasteiger partial charge in [0.25, 0.3) is 0 Å². The molecular formula is C17H26N3. The van der Waals surface area contributed by atoms with Gasteiger partial charge in [-0.3, -0.25) is 0 Å². The van der Waals surface area contributed by atoms with Crippen LogP contribution in [0.2, 0.25) is 0 Å². The highest BCUT2D eigenvalue weighted by Crippen LogP contribution is 2.39. The van der Waals surface area contributed by atoms with Crippen LogP contribution in [0.15, 0.2) is 28.5 Å². The van der Waals surface area contributed by atoms with Crippen molar-refractivity contribution in [2.24, 2.45) is 10.3 Å². The standard InChI is InChI=1S/C17H26N3/c1-3-4-5-6-7-8-9-11-14(2)15-12-10-13-16-17(15)19-20-18-16/h10,12-14H,3-9,11H2,1-2H3. The molecule has 0 N–H and O–H groups in total. The van der Waals surface area contributed by atoms with Gasteiger partial charge in [0.05, 0.1) is 0 Å². The molecule has 0 aliphatic carbocycles. The average Bonchev–Trinajstić information content (AvgIpc) is 2.94. The molecule has 1 unspecified atom stereocenters. The number of benzene rings is 1. The van der Waals surface area contributed by atoms with Gasteiger partial charge in [-0.25, -0.2) is 0 Å². The van der Waals surface area contributed by atoms with Crippen molar-refractivity contribution in [2.75, 3.05) is 0 Å². The van der Waals surface area contributed by atoms with E-state index < -0.39 is 0 Å². The number of unbranched alkanes of at least 4 members (excludes halogenated alkanes) is 6. The zero-order valence-electron chi connectivity index (χ0n) is 12.8. The number of hydrogen-bond acceptors (Lipinski definition) is 2. The Morgan fingerprint density at radius 3 is 2.55 bits per heavy atom. The summed E-state index contributed by atoms with van der Waals surface area (Å²) >= 11 is 0. The van der Waals surface area contributed by atoms with E-state index in [-0.39, 0.29) is 0 Å². The summed E-state index contributed by atoms with van der Waals surface area (Å²) in [4.78, 5) is 0. The fraction of sp³-hybridized carbons (Fsp3) is 0.647. The molecule has 1 aliphatic heterocycles. The Bertz CT molecular complexity index is 440. The Kier molecular flexibility index (Phi) is 6.03. The predicted octanol–water partition coefficient (Wildman–Crippen LogP) is 6.18. The number of hydrogen-bond donors (Lipinski definition) is 0. The molecular weight excluding hydrogens is 246 g/mol. The van der Waals surface area contributed by atoms with Crippen LogP contribution >= 0.6 is 0 Å². The SMILES string of the molecule is CCCCCCCCCC(C)c1cccc2c1N=N[N]2. The summed E-state index contributed by atoms with van der Waals surface area (Å²) in [5.41, 5.74) is 7.26. The van der Waals surface area contributed by atoms with Crippen molar-refractivity contribution >= 4 is 11.4 Å². The van der Waals surface area contributed by atoms with Gasteiger partial charge in [0.2, 0.25) is 0 Å². The fourth-order valence-corrected chi connectivity index (χ4v) is 2.81. The lowest BCUT2D eigenvalue weighted by Crippen LogP contribution is -1.95. The molecule has 0 bridgehead atoms. The van der Waals surface area contributed by atoms with E-state index >= 15 is 0 Å². The first-order chi connectivity index (χ1) is 9.83. The van der Waals surface area contributed by atoms with E-state index in [0.717, 1.165) is 11.4 Å². The zero-order valence-corrected chi connectivity index (χ0v) is 12.8. The van der Waals surface area contributed by atoms with Gasteiger partial charge >= 0.3 is 0 Å². The third-order valence-corrected chi connectivity index (χ3v) is 4.11. The molecule has 20 heavy (non-hydrogen) atoms. The lowest BCUT2D eigenvalue weighted by atomic mass is 9.93. The maximum absolute atomic E-state index is 4.16. The van der Waals surface area contributed by atoms with Crippen molar-refractivity contribution < 1.29 is 0 Å². The molecule has 1 atom stereocenters. The molecule has 0 fully saturated rings. The third-order valence-electron chi connectivity index (χ3n) is 4.11. The summed E-state index contributed by atoms with van der Waals surface area (Å²) in [6.07, 6.45) is 10.8. The van der Waals surface area contributed by atoms with Crippen LogP contribution in [0.25, 0.3) is 0 Å². The monoisotopic (exact) mass is 272 g/mol. The normalized spacial score (nSPS) is 14.1. The topological polar surface area (TPSA) is 38.8 Å². The maximum Gasteiger partial charge on any atom is 0.119 e. The molecule has 0 saturated carbocycles.